The van der Waals surface area contributed by atoms with Crippen LogP contribution < -0.4 is 5.32 Å². The van der Waals surface area contributed by atoms with Crippen LogP contribution in [0.1, 0.15) is 12.8 Å². The second-order valence-electron chi connectivity index (χ2n) is 6.38. The molecule has 1 rings (SSSR count). The topological polar surface area (TPSA) is 125 Å². The Morgan fingerprint density at radius 3 is 1.88 bits per heavy atom. The number of ether oxygens (including phenoxy) is 5. The minimum Gasteiger partial charge on any atom is -0.481 e. The summed E-state index contributed by atoms with van der Waals surface area (Å²) in [5.41, 5.74) is 0. The molecule has 0 atom stereocenters. The number of rotatable bonds is 23. The summed E-state index contributed by atoms with van der Waals surface area (Å²) >= 11 is 0. The molecule has 10 nitrogen and oxygen atoms in total. The summed E-state index contributed by atoms with van der Waals surface area (Å²) in [5, 5.41) is 12.3. The third-order valence-corrected chi connectivity index (χ3v) is 5.98. The molecular weight excluding hydrogens is 472 g/mol. The Morgan fingerprint density at radius 1 is 0.818 bits per heavy atom. The van der Waals surface area contributed by atoms with E-state index in [9.17, 15) is 9.59 Å². The third kappa shape index (κ3) is 20.9. The number of nitrogens with zero attached hydrogens (tertiary/aromatic N) is 1. The summed E-state index contributed by atoms with van der Waals surface area (Å²) in [7, 11) is 3.25. The summed E-state index contributed by atoms with van der Waals surface area (Å²) in [6, 6.07) is 5.78. The number of aliphatic carboxylic acids is 1. The van der Waals surface area contributed by atoms with E-state index in [1.807, 2.05) is 18.2 Å². The summed E-state index contributed by atoms with van der Waals surface area (Å²) < 4.78 is 26.5. The van der Waals surface area contributed by atoms with Crippen molar-refractivity contribution in [2.45, 2.75) is 17.9 Å². The quantitative estimate of drug-likeness (QED) is 0.167. The predicted molar refractivity (Wildman–Crippen MR) is 127 cm³/mol. The van der Waals surface area contributed by atoms with E-state index in [0.717, 1.165) is 10.8 Å². The third-order valence-electron chi connectivity index (χ3n) is 3.71. The zero-order valence-corrected chi connectivity index (χ0v) is 20.4. The molecule has 1 aromatic rings. The lowest BCUT2D eigenvalue weighted by atomic mass is 10.4. The molecule has 1 heterocycles. The highest BCUT2D eigenvalue weighted by Crippen LogP contribution is 2.28. The van der Waals surface area contributed by atoms with Crippen molar-refractivity contribution in [2.24, 2.45) is 0 Å². The van der Waals surface area contributed by atoms with Crippen LogP contribution in [0.15, 0.2) is 29.4 Å². The van der Waals surface area contributed by atoms with Gasteiger partial charge in [-0.15, -0.1) is 0 Å². The Labute approximate surface area is 202 Å². The molecule has 2 N–H and O–H groups in total. The Hall–Kier alpha value is -1.41. The van der Waals surface area contributed by atoms with Gasteiger partial charge in [-0.1, -0.05) is 16.9 Å². The fourth-order valence-corrected chi connectivity index (χ4v) is 3.91. The number of carbonyl (C=O) groups is 2. The molecule has 12 heteroatoms. The van der Waals surface area contributed by atoms with Gasteiger partial charge < -0.3 is 34.1 Å². The number of hydrogen-bond donors (Lipinski definition) is 2. The minimum absolute atomic E-state index is 0.00352. The van der Waals surface area contributed by atoms with Gasteiger partial charge in [0.1, 0.15) is 5.03 Å². The van der Waals surface area contributed by atoms with E-state index in [-0.39, 0.29) is 18.9 Å². The van der Waals surface area contributed by atoms with Crippen LogP contribution >= 0.6 is 21.6 Å². The number of nitrogens with one attached hydrogen (secondary N) is 1. The molecule has 1 aromatic heterocycles. The summed E-state index contributed by atoms with van der Waals surface area (Å²) in [6.07, 6.45) is 2.08. The summed E-state index contributed by atoms with van der Waals surface area (Å²) in [5.74, 6) is -0.0977. The minimum atomic E-state index is -0.876. The first-order chi connectivity index (χ1) is 16.2. The molecule has 1 amide bonds. The molecule has 0 radical (unpaired) electrons. The molecule has 0 saturated heterocycles. The number of aromatic nitrogens is 1. The van der Waals surface area contributed by atoms with Crippen LogP contribution in [0.25, 0.3) is 0 Å². The second kappa shape index (κ2) is 22.4. The highest BCUT2D eigenvalue weighted by Gasteiger charge is 2.02. The van der Waals surface area contributed by atoms with Gasteiger partial charge in [-0.3, -0.25) is 9.59 Å². The number of pyridine rings is 1. The lowest BCUT2D eigenvalue weighted by Gasteiger charge is -2.08. The Bertz CT molecular complexity index is 613. The first-order valence-electron chi connectivity index (χ1n) is 10.8. The molecule has 33 heavy (non-hydrogen) atoms. The Balaban J connectivity index is 1.73. The van der Waals surface area contributed by atoms with Crippen molar-refractivity contribution in [3.05, 3.63) is 24.4 Å². The predicted octanol–water partition coefficient (Wildman–Crippen LogP) is 1.89. The molecule has 188 valence electrons. The molecule has 0 bridgehead atoms. The highest BCUT2D eigenvalue weighted by molar-refractivity contribution is 8.76. The van der Waals surface area contributed by atoms with Gasteiger partial charge in [-0.05, 0) is 22.9 Å². The zero-order valence-electron chi connectivity index (χ0n) is 18.8. The second-order valence-corrected chi connectivity index (χ2v) is 8.81. The molecule has 0 saturated carbocycles. The first kappa shape index (κ1) is 29.6. The maximum atomic E-state index is 11.7. The standard InChI is InChI=1S/C21H34N2O8S2/c24-19(22-7-18-32-33-20-3-1-2-6-23-20)4-8-27-10-12-29-14-16-31-17-15-30-13-11-28-9-5-21(25)26/h1-3,6H,4-5,7-18H2,(H,22,24)(H,25,26). The van der Waals surface area contributed by atoms with E-state index in [1.54, 1.807) is 27.8 Å². The van der Waals surface area contributed by atoms with Crippen molar-refractivity contribution in [1.82, 2.24) is 10.3 Å². The molecule has 0 aromatic carbocycles. The van der Waals surface area contributed by atoms with Crippen molar-refractivity contribution in [2.75, 3.05) is 78.4 Å². The van der Waals surface area contributed by atoms with E-state index in [0.29, 0.717) is 72.4 Å². The van der Waals surface area contributed by atoms with Crippen LogP contribution in [0.3, 0.4) is 0 Å². The highest BCUT2D eigenvalue weighted by atomic mass is 33.1. The summed E-state index contributed by atoms with van der Waals surface area (Å²) in [4.78, 5) is 26.3. The van der Waals surface area contributed by atoms with E-state index in [2.05, 4.69) is 10.3 Å². The fourth-order valence-electron chi connectivity index (χ4n) is 2.12. The number of carbonyl (C=O) groups excluding carboxylic acids is 1. The van der Waals surface area contributed by atoms with Gasteiger partial charge in [-0.2, -0.15) is 0 Å². The Morgan fingerprint density at radius 2 is 1.36 bits per heavy atom. The zero-order chi connectivity index (χ0) is 23.8. The maximum Gasteiger partial charge on any atom is 0.305 e. The number of hydrogen-bond acceptors (Lipinski definition) is 10. The van der Waals surface area contributed by atoms with Crippen molar-refractivity contribution >= 4 is 33.5 Å². The number of carboxylic acid groups (broad SMARTS) is 1. The van der Waals surface area contributed by atoms with E-state index in [4.69, 9.17) is 28.8 Å². The van der Waals surface area contributed by atoms with Gasteiger partial charge in [0.15, 0.2) is 0 Å². The summed E-state index contributed by atoms with van der Waals surface area (Å²) in [6.45, 7) is 4.59. The van der Waals surface area contributed by atoms with Crippen LogP contribution in [-0.2, 0) is 33.3 Å². The van der Waals surface area contributed by atoms with Crippen LogP contribution in [0.5, 0.6) is 0 Å². The number of carboxylic acids is 1. The first-order valence-corrected chi connectivity index (χ1v) is 13.1. The van der Waals surface area contributed by atoms with Gasteiger partial charge in [0.2, 0.25) is 5.91 Å². The van der Waals surface area contributed by atoms with Crippen LogP contribution in [0.2, 0.25) is 0 Å². The van der Waals surface area contributed by atoms with Gasteiger partial charge in [0.05, 0.1) is 72.5 Å². The molecular formula is C21H34N2O8S2. The normalized spacial score (nSPS) is 10.9. The van der Waals surface area contributed by atoms with Crippen molar-refractivity contribution in [3.63, 3.8) is 0 Å². The average molecular weight is 507 g/mol. The monoisotopic (exact) mass is 506 g/mol. The number of amides is 1. The SMILES string of the molecule is O=C(O)CCOCCOCCOCCOCCOCCC(=O)NCCSSc1ccccn1. The molecule has 0 fully saturated rings. The largest absolute Gasteiger partial charge is 0.481 e. The molecule has 0 spiro atoms. The smallest absolute Gasteiger partial charge is 0.305 e. The lowest BCUT2D eigenvalue weighted by molar-refractivity contribution is -0.138. The average Bonchev–Trinajstić information content (AvgIpc) is 2.81. The molecule has 0 unspecified atom stereocenters. The van der Waals surface area contributed by atoms with E-state index >= 15 is 0 Å². The van der Waals surface area contributed by atoms with Crippen LogP contribution in [0.4, 0.5) is 0 Å². The van der Waals surface area contributed by atoms with E-state index < -0.39 is 5.97 Å². The molecule has 0 aliphatic carbocycles. The van der Waals surface area contributed by atoms with Gasteiger partial charge in [-0.25, -0.2) is 4.98 Å². The van der Waals surface area contributed by atoms with Crippen molar-refractivity contribution < 1.29 is 38.4 Å². The molecule has 0 aliphatic rings. The Kier molecular flexibility index (Phi) is 20.1. The molecule has 0 aliphatic heterocycles. The van der Waals surface area contributed by atoms with Crippen molar-refractivity contribution in [3.8, 4) is 0 Å². The fraction of sp³-hybridized carbons (Fsp3) is 0.667. The van der Waals surface area contributed by atoms with Gasteiger partial charge in [0, 0.05) is 24.9 Å². The van der Waals surface area contributed by atoms with Crippen LogP contribution in [-0.4, -0.2) is 100 Å². The maximum absolute atomic E-state index is 11.7. The lowest BCUT2D eigenvalue weighted by Crippen LogP contribution is -2.26. The van der Waals surface area contributed by atoms with Crippen molar-refractivity contribution in [1.29, 1.82) is 0 Å². The van der Waals surface area contributed by atoms with Gasteiger partial charge in [0.25, 0.3) is 0 Å². The van der Waals surface area contributed by atoms with Crippen LogP contribution in [0, 0.1) is 0 Å². The van der Waals surface area contributed by atoms with E-state index in [1.165, 1.54) is 0 Å². The van der Waals surface area contributed by atoms with Gasteiger partial charge >= 0.3 is 5.97 Å².